The molecule has 0 heterocycles. The Hall–Kier alpha value is -0.411. The first-order valence-electron chi connectivity index (χ1n) is 1.84. The van der Waals surface area contributed by atoms with Crippen molar-refractivity contribution in [2.45, 2.75) is 0 Å². The van der Waals surface area contributed by atoms with Crippen molar-refractivity contribution in [1.82, 2.24) is 0 Å². The number of carbonyl (C=O) groups excluding carboxylic acids is 3. The maximum Gasteiger partial charge on any atom is 2.00 e. The van der Waals surface area contributed by atoms with Crippen LogP contribution in [-0.2, 0) is 33.6 Å². The van der Waals surface area contributed by atoms with Crippen LogP contribution in [0.5, 0.6) is 0 Å². The Morgan fingerprint density at radius 1 is 0.600 bits per heavy atom. The third-order valence-electron chi connectivity index (χ3n) is 0. The largest absolute Gasteiger partial charge is 2.00 e. The van der Waals surface area contributed by atoms with Crippen molar-refractivity contribution in [3.05, 3.63) is 0 Å². The second-order valence-corrected chi connectivity index (χ2v) is 0.750. The molecule has 0 aromatic carbocycles. The predicted octanol–water partition coefficient (Wildman–Crippen LogP) is -7.73. The molecule has 9 nitrogen and oxygen atoms in total. The van der Waals surface area contributed by atoms with E-state index in [-0.39, 0.29) is 56.6 Å². The number of hydrogen-bond acceptors (Lipinski definition) is 9. The first kappa shape index (κ1) is 36.5. The van der Waals surface area contributed by atoms with Gasteiger partial charge in [-0.3, -0.25) is 0 Å². The fraction of sp³-hybridized carbons (Fsp3) is 0. The molecular formula is C3MgMnNiO9. The summed E-state index contributed by atoms with van der Waals surface area (Å²) in [6.45, 7) is 0. The summed E-state index contributed by atoms with van der Waals surface area (Å²) in [5.41, 5.74) is 0. The fourth-order valence-corrected chi connectivity index (χ4v) is 0. The van der Waals surface area contributed by atoms with Gasteiger partial charge in [-0.25, -0.2) is 0 Å². The summed E-state index contributed by atoms with van der Waals surface area (Å²) in [6, 6.07) is 0. The van der Waals surface area contributed by atoms with Crippen molar-refractivity contribution < 1.29 is 78.6 Å². The Bertz CT molecular complexity index is 123. The Balaban J connectivity index is -0.0000000184. The Morgan fingerprint density at radius 2 is 0.600 bits per heavy atom. The van der Waals surface area contributed by atoms with E-state index in [4.69, 9.17) is 45.0 Å². The van der Waals surface area contributed by atoms with E-state index < -0.39 is 18.5 Å². The van der Waals surface area contributed by atoms with Gasteiger partial charge in [-0.2, -0.15) is 0 Å². The number of carboxylic acid groups (broad SMARTS) is 6. The van der Waals surface area contributed by atoms with Crippen LogP contribution in [0.25, 0.3) is 0 Å². The van der Waals surface area contributed by atoms with Gasteiger partial charge in [0.05, 0.1) is 0 Å². The van der Waals surface area contributed by atoms with Crippen LogP contribution in [-0.4, -0.2) is 41.5 Å². The Kier molecular flexibility index (Phi) is 71.1. The molecule has 0 saturated carbocycles. The smallest absolute Gasteiger partial charge is 0.652 e. The van der Waals surface area contributed by atoms with Crippen molar-refractivity contribution in [3.63, 3.8) is 0 Å². The van der Waals surface area contributed by atoms with Gasteiger partial charge in [0.25, 0.3) is 0 Å². The molecule has 0 bridgehead atoms. The molecule has 0 N–H and O–H groups in total. The SMILES string of the molecule is O=C([O-])[O-].O=C([O-])[O-].O=C([O-])[O-].[Mg+2].[Mn+2].[Ni+2]. The van der Waals surface area contributed by atoms with E-state index in [1.54, 1.807) is 0 Å². The van der Waals surface area contributed by atoms with Gasteiger partial charge < -0.3 is 45.0 Å². The summed E-state index contributed by atoms with van der Waals surface area (Å²) in [5, 5.41) is 50.0. The minimum absolute atomic E-state index is 0. The summed E-state index contributed by atoms with van der Waals surface area (Å²) in [7, 11) is 0. The van der Waals surface area contributed by atoms with Crippen LogP contribution in [0, 0.1) is 0 Å². The average molecular weight is 318 g/mol. The van der Waals surface area contributed by atoms with Gasteiger partial charge in [0, 0.05) is 0 Å². The van der Waals surface area contributed by atoms with Gasteiger partial charge in [-0.1, -0.05) is 0 Å². The van der Waals surface area contributed by atoms with E-state index in [1.165, 1.54) is 0 Å². The zero-order valence-corrected chi connectivity index (χ0v) is 10.2. The van der Waals surface area contributed by atoms with Crippen molar-refractivity contribution in [2.75, 3.05) is 0 Å². The number of carbonyl (C=O) groups is 3. The van der Waals surface area contributed by atoms with E-state index in [0.717, 1.165) is 0 Å². The quantitative estimate of drug-likeness (QED) is 0.390. The second kappa shape index (κ2) is 29.2. The fourth-order valence-electron chi connectivity index (χ4n) is 0. The van der Waals surface area contributed by atoms with Gasteiger partial charge in [0.15, 0.2) is 0 Å². The van der Waals surface area contributed by atoms with Gasteiger partial charge >= 0.3 is 56.6 Å². The van der Waals surface area contributed by atoms with E-state index in [9.17, 15) is 0 Å². The molecular weight excluding hydrogens is 318 g/mol. The van der Waals surface area contributed by atoms with Gasteiger partial charge in [0.2, 0.25) is 0 Å². The van der Waals surface area contributed by atoms with Crippen molar-refractivity contribution in [3.8, 4) is 0 Å². The third kappa shape index (κ3) is 10800. The molecule has 0 amide bonds. The van der Waals surface area contributed by atoms with Crippen LogP contribution >= 0.6 is 0 Å². The van der Waals surface area contributed by atoms with Gasteiger partial charge in [-0.15, -0.1) is 0 Å². The molecule has 0 aliphatic carbocycles. The normalized spacial score (nSPS) is 4.80. The molecule has 0 rings (SSSR count). The molecule has 1 radical (unpaired) electrons. The van der Waals surface area contributed by atoms with Crippen LogP contribution in [0.2, 0.25) is 0 Å². The molecule has 0 saturated heterocycles. The van der Waals surface area contributed by atoms with Gasteiger partial charge in [0.1, 0.15) is 0 Å². The van der Waals surface area contributed by atoms with Crippen molar-refractivity contribution in [2.24, 2.45) is 0 Å². The molecule has 0 unspecified atom stereocenters. The zero-order chi connectivity index (χ0) is 10.7. The maximum atomic E-state index is 8.33. The van der Waals surface area contributed by atoms with E-state index in [0.29, 0.717) is 0 Å². The molecule has 0 spiro atoms. The summed E-state index contributed by atoms with van der Waals surface area (Å²) >= 11 is 0. The number of hydrogen-bond donors (Lipinski definition) is 0. The summed E-state index contributed by atoms with van der Waals surface area (Å²) in [5.74, 6) is 0. The van der Waals surface area contributed by atoms with Gasteiger partial charge in [-0.05, 0) is 18.5 Å². The third-order valence-corrected chi connectivity index (χ3v) is 0. The van der Waals surface area contributed by atoms with Crippen LogP contribution < -0.4 is 30.6 Å². The minimum atomic E-state index is -2.33. The molecule has 0 aliphatic rings. The maximum absolute atomic E-state index is 8.33. The first-order valence-corrected chi connectivity index (χ1v) is 1.84. The molecule has 0 atom stereocenters. The predicted molar refractivity (Wildman–Crippen MR) is 21.9 cm³/mol. The van der Waals surface area contributed by atoms with Crippen LogP contribution in [0.1, 0.15) is 0 Å². The second-order valence-electron chi connectivity index (χ2n) is 0.750. The number of rotatable bonds is 0. The Labute approximate surface area is 120 Å². The average Bonchev–Trinajstić information content (AvgIpc) is 1.54. The van der Waals surface area contributed by atoms with Crippen molar-refractivity contribution >= 4 is 41.5 Å². The Morgan fingerprint density at radius 3 is 0.600 bits per heavy atom. The molecule has 0 fully saturated rings. The van der Waals surface area contributed by atoms with Crippen molar-refractivity contribution in [1.29, 1.82) is 0 Å². The molecule has 0 aliphatic heterocycles. The van der Waals surface area contributed by atoms with Crippen LogP contribution in [0.4, 0.5) is 14.4 Å². The summed E-state index contributed by atoms with van der Waals surface area (Å²) < 4.78 is 0. The summed E-state index contributed by atoms with van der Waals surface area (Å²) in [4.78, 5) is 25.0. The molecule has 12 heteroatoms. The molecule has 0 aromatic rings. The van der Waals surface area contributed by atoms with E-state index >= 15 is 0 Å². The first-order chi connectivity index (χ1) is 5.20. The molecule has 15 heavy (non-hydrogen) atoms. The molecule has 85 valence electrons. The van der Waals surface area contributed by atoms with E-state index in [1.807, 2.05) is 0 Å². The van der Waals surface area contributed by atoms with Crippen LogP contribution in [0.3, 0.4) is 0 Å². The topological polar surface area (TPSA) is 190 Å². The van der Waals surface area contributed by atoms with Crippen LogP contribution in [0.15, 0.2) is 0 Å². The minimum Gasteiger partial charge on any atom is -0.652 e. The molecule has 0 aromatic heterocycles. The standard InChI is InChI=1S/3CH2O3.Mg.Mn.Ni/c3*2-1(3)4;;;/h3*(H2,2,3,4);;;/q;;;3*+2/p-6. The zero-order valence-electron chi connectivity index (χ0n) is 6.58. The van der Waals surface area contributed by atoms with E-state index in [2.05, 4.69) is 0 Å². The summed E-state index contributed by atoms with van der Waals surface area (Å²) in [6.07, 6.45) is -7.00. The monoisotopic (exact) mass is 317 g/mol.